The first-order valence-electron chi connectivity index (χ1n) is 11.5. The number of amides is 1. The summed E-state index contributed by atoms with van der Waals surface area (Å²) in [6.45, 7) is 6.77. The van der Waals surface area contributed by atoms with E-state index in [-0.39, 0.29) is 29.5 Å². The van der Waals surface area contributed by atoms with Crippen LogP contribution in [0, 0.1) is 19.8 Å². The number of aromatic nitrogens is 1. The van der Waals surface area contributed by atoms with Gasteiger partial charge in [-0.1, -0.05) is 24.3 Å². The van der Waals surface area contributed by atoms with Crippen LogP contribution in [0.1, 0.15) is 52.6 Å². The maximum Gasteiger partial charge on any atom is 0.341 e. The van der Waals surface area contributed by atoms with Crippen LogP contribution in [0.5, 0.6) is 0 Å². The zero-order valence-corrected chi connectivity index (χ0v) is 20.2. The number of piperidine rings is 1. The number of carbonyl (C=O) groups is 2. The molecular formula is C24H31N3O5S. The molecule has 2 aliphatic rings. The minimum Gasteiger partial charge on any atom is -0.462 e. The Morgan fingerprint density at radius 3 is 2.58 bits per heavy atom. The fraction of sp³-hybridized carbons (Fsp3) is 0.500. The zero-order valence-electron chi connectivity index (χ0n) is 19.4. The average Bonchev–Trinajstić information content (AvgIpc) is 3.12. The lowest BCUT2D eigenvalue weighted by atomic mass is 9.95. The molecule has 1 aromatic heterocycles. The molecule has 9 heteroatoms. The number of nitrogens with zero attached hydrogens (tertiary/aromatic N) is 2. The molecule has 2 aliphatic heterocycles. The fourth-order valence-corrected chi connectivity index (χ4v) is 6.90. The van der Waals surface area contributed by atoms with Gasteiger partial charge in [0.15, 0.2) is 0 Å². The van der Waals surface area contributed by atoms with Crippen LogP contribution in [-0.2, 0) is 32.5 Å². The Labute approximate surface area is 195 Å². The molecule has 33 heavy (non-hydrogen) atoms. The highest BCUT2D eigenvalue weighted by Gasteiger charge is 2.39. The van der Waals surface area contributed by atoms with Crippen LogP contribution in [0.25, 0.3) is 0 Å². The highest BCUT2D eigenvalue weighted by molar-refractivity contribution is 7.89. The van der Waals surface area contributed by atoms with Crippen molar-refractivity contribution in [3.8, 4) is 0 Å². The van der Waals surface area contributed by atoms with E-state index in [0.29, 0.717) is 43.9 Å². The molecule has 8 nitrogen and oxygen atoms in total. The van der Waals surface area contributed by atoms with E-state index < -0.39 is 21.9 Å². The third-order valence-corrected chi connectivity index (χ3v) is 8.61. The predicted molar refractivity (Wildman–Crippen MR) is 123 cm³/mol. The number of aryl methyl sites for hydroxylation is 2. The predicted octanol–water partition coefficient (Wildman–Crippen LogP) is 2.79. The van der Waals surface area contributed by atoms with Crippen LogP contribution < -0.4 is 0 Å². The lowest BCUT2D eigenvalue weighted by molar-refractivity contribution is -0.137. The molecule has 0 spiro atoms. The van der Waals surface area contributed by atoms with Crippen LogP contribution in [0.3, 0.4) is 0 Å². The number of rotatable bonds is 5. The Morgan fingerprint density at radius 2 is 1.85 bits per heavy atom. The number of hydrogen-bond acceptors (Lipinski definition) is 5. The molecule has 1 aromatic carbocycles. The quantitative estimate of drug-likeness (QED) is 0.673. The molecule has 1 atom stereocenters. The first kappa shape index (κ1) is 23.5. The number of ether oxygens (including phenoxy) is 1. The van der Waals surface area contributed by atoms with Crippen molar-refractivity contribution in [3.63, 3.8) is 0 Å². The van der Waals surface area contributed by atoms with E-state index >= 15 is 0 Å². The van der Waals surface area contributed by atoms with Gasteiger partial charge in [0.1, 0.15) is 10.5 Å². The summed E-state index contributed by atoms with van der Waals surface area (Å²) < 4.78 is 33.7. The number of nitrogens with one attached hydrogen (secondary N) is 1. The summed E-state index contributed by atoms with van der Waals surface area (Å²) in [7, 11) is -3.98. The largest absolute Gasteiger partial charge is 0.462 e. The first-order chi connectivity index (χ1) is 15.7. The van der Waals surface area contributed by atoms with Gasteiger partial charge in [-0.2, -0.15) is 4.31 Å². The van der Waals surface area contributed by atoms with Gasteiger partial charge in [-0.05, 0) is 51.2 Å². The first-order valence-corrected chi connectivity index (χ1v) is 12.9. The Balaban J connectivity index is 1.55. The number of benzene rings is 1. The van der Waals surface area contributed by atoms with Crippen molar-refractivity contribution in [2.24, 2.45) is 5.92 Å². The van der Waals surface area contributed by atoms with Gasteiger partial charge < -0.3 is 14.6 Å². The maximum atomic E-state index is 13.6. The van der Waals surface area contributed by atoms with Crippen LogP contribution in [0.2, 0.25) is 0 Å². The number of esters is 1. The van der Waals surface area contributed by atoms with Gasteiger partial charge in [0.25, 0.3) is 0 Å². The Kier molecular flexibility index (Phi) is 6.63. The maximum absolute atomic E-state index is 13.6. The van der Waals surface area contributed by atoms with Crippen molar-refractivity contribution in [2.45, 2.75) is 51.5 Å². The minimum absolute atomic E-state index is 0.00279. The standard InChI is InChI=1S/C24H31N3O5S/c1-4-32-24(29)21-16(2)25-17(3)22(21)33(30,31)27-12-7-10-20(15-27)23(28)26-13-11-18-8-5-6-9-19(18)14-26/h5-6,8-9,20,25H,4,7,10-15H2,1-3H3/t20-/m1/s1. The second-order valence-corrected chi connectivity index (χ2v) is 10.7. The van der Waals surface area contributed by atoms with E-state index in [2.05, 4.69) is 11.1 Å². The third kappa shape index (κ3) is 4.44. The normalized spacial score (nSPS) is 19.2. The molecule has 0 bridgehead atoms. The van der Waals surface area contributed by atoms with Gasteiger partial charge >= 0.3 is 5.97 Å². The summed E-state index contributed by atoms with van der Waals surface area (Å²) in [5, 5.41) is 0. The van der Waals surface area contributed by atoms with E-state index in [0.717, 1.165) is 12.0 Å². The van der Waals surface area contributed by atoms with Crippen LogP contribution in [-0.4, -0.2) is 60.7 Å². The van der Waals surface area contributed by atoms with Crippen molar-refractivity contribution >= 4 is 21.9 Å². The lowest BCUT2D eigenvalue weighted by Gasteiger charge is -2.36. The van der Waals surface area contributed by atoms with Crippen LogP contribution in [0.4, 0.5) is 0 Å². The summed E-state index contributed by atoms with van der Waals surface area (Å²) in [6.07, 6.45) is 2.05. The number of sulfonamides is 1. The highest BCUT2D eigenvalue weighted by atomic mass is 32.2. The monoisotopic (exact) mass is 473 g/mol. The van der Waals surface area contributed by atoms with Crippen molar-refractivity contribution in [1.29, 1.82) is 0 Å². The van der Waals surface area contributed by atoms with Gasteiger partial charge in [-0.25, -0.2) is 13.2 Å². The molecule has 0 saturated carbocycles. The smallest absolute Gasteiger partial charge is 0.341 e. The van der Waals surface area contributed by atoms with Gasteiger partial charge in [0.2, 0.25) is 15.9 Å². The van der Waals surface area contributed by atoms with Gasteiger partial charge in [-0.15, -0.1) is 0 Å². The van der Waals surface area contributed by atoms with Crippen molar-refractivity contribution in [1.82, 2.24) is 14.2 Å². The summed E-state index contributed by atoms with van der Waals surface area (Å²) in [4.78, 5) is 30.6. The van der Waals surface area contributed by atoms with Crippen LogP contribution in [0.15, 0.2) is 29.2 Å². The summed E-state index contributed by atoms with van der Waals surface area (Å²) in [5.74, 6) is -1.06. The molecule has 4 rings (SSSR count). The van der Waals surface area contributed by atoms with Gasteiger partial charge in [0, 0.05) is 37.6 Å². The van der Waals surface area contributed by atoms with E-state index in [1.165, 1.54) is 9.87 Å². The van der Waals surface area contributed by atoms with E-state index in [1.807, 2.05) is 23.1 Å². The molecule has 3 heterocycles. The summed E-state index contributed by atoms with van der Waals surface area (Å²) in [5.41, 5.74) is 3.32. The summed E-state index contributed by atoms with van der Waals surface area (Å²) >= 11 is 0. The van der Waals surface area contributed by atoms with Crippen molar-refractivity contribution in [2.75, 3.05) is 26.2 Å². The molecule has 2 aromatic rings. The molecule has 1 N–H and O–H groups in total. The molecule has 1 amide bonds. The Bertz CT molecular complexity index is 1170. The zero-order chi connectivity index (χ0) is 23.8. The van der Waals surface area contributed by atoms with Gasteiger partial charge in [0.05, 0.1) is 12.5 Å². The number of H-pyrrole nitrogens is 1. The fourth-order valence-electron chi connectivity index (χ4n) is 4.96. The van der Waals surface area contributed by atoms with E-state index in [9.17, 15) is 18.0 Å². The minimum atomic E-state index is -3.98. The molecule has 178 valence electrons. The Hall–Kier alpha value is -2.65. The Morgan fingerprint density at radius 1 is 1.12 bits per heavy atom. The number of aromatic amines is 1. The number of hydrogen-bond donors (Lipinski definition) is 1. The summed E-state index contributed by atoms with van der Waals surface area (Å²) in [6, 6.07) is 8.12. The number of fused-ring (bicyclic) bond motifs is 1. The molecular weight excluding hydrogens is 442 g/mol. The second kappa shape index (κ2) is 9.30. The van der Waals surface area contributed by atoms with E-state index in [1.54, 1.807) is 20.8 Å². The molecule has 0 radical (unpaired) electrons. The van der Waals surface area contributed by atoms with E-state index in [4.69, 9.17) is 4.74 Å². The highest BCUT2D eigenvalue weighted by Crippen LogP contribution is 2.31. The average molecular weight is 474 g/mol. The van der Waals surface area contributed by atoms with Crippen molar-refractivity contribution < 1.29 is 22.7 Å². The number of carbonyl (C=O) groups excluding carboxylic acids is 2. The second-order valence-electron chi connectivity index (χ2n) is 8.78. The third-order valence-electron chi connectivity index (χ3n) is 6.57. The van der Waals surface area contributed by atoms with Crippen LogP contribution >= 0.6 is 0 Å². The lowest BCUT2D eigenvalue weighted by Crippen LogP contribution is -2.48. The topological polar surface area (TPSA) is 99.8 Å². The molecule has 0 aliphatic carbocycles. The molecule has 1 saturated heterocycles. The van der Waals surface area contributed by atoms with Gasteiger partial charge in [-0.3, -0.25) is 4.79 Å². The molecule has 1 fully saturated rings. The van der Waals surface area contributed by atoms with Crippen molar-refractivity contribution in [3.05, 3.63) is 52.3 Å². The molecule has 0 unspecified atom stereocenters. The SMILES string of the molecule is CCOC(=O)c1c(C)[nH]c(C)c1S(=O)(=O)N1CCC[C@@H](C(=O)N2CCc3ccccc3C2)C1.